The van der Waals surface area contributed by atoms with Crippen molar-refractivity contribution in [3.8, 4) is 5.75 Å². The summed E-state index contributed by atoms with van der Waals surface area (Å²) in [5.41, 5.74) is 7.44. The molecule has 5 nitrogen and oxygen atoms in total. The molecule has 0 spiro atoms. The first-order valence-electron chi connectivity index (χ1n) is 6.89. The minimum absolute atomic E-state index is 0.0494. The van der Waals surface area contributed by atoms with E-state index in [2.05, 4.69) is 31.2 Å². The van der Waals surface area contributed by atoms with Gasteiger partial charge >= 0.3 is 0 Å². The Morgan fingerprint density at radius 1 is 1.40 bits per heavy atom. The van der Waals surface area contributed by atoms with Crippen LogP contribution in [0.5, 0.6) is 5.75 Å². The van der Waals surface area contributed by atoms with Crippen LogP contribution < -0.4 is 15.8 Å². The van der Waals surface area contributed by atoms with Crippen molar-refractivity contribution in [1.29, 1.82) is 0 Å². The predicted molar refractivity (Wildman–Crippen MR) is 81.3 cm³/mol. The highest BCUT2D eigenvalue weighted by Gasteiger charge is 2.18. The Labute approximate surface area is 120 Å². The molecule has 0 saturated heterocycles. The molecule has 0 fully saturated rings. The third-order valence-corrected chi connectivity index (χ3v) is 3.93. The molecule has 0 aliphatic rings. The van der Waals surface area contributed by atoms with E-state index in [4.69, 9.17) is 15.7 Å². The van der Waals surface area contributed by atoms with Crippen LogP contribution in [-0.2, 0) is 6.54 Å². The molecule has 20 heavy (non-hydrogen) atoms. The Balaban J connectivity index is 2.89. The maximum atomic E-state index is 8.75. The quantitative estimate of drug-likeness (QED) is 0.310. The van der Waals surface area contributed by atoms with Crippen LogP contribution >= 0.6 is 0 Å². The number of rotatable bonds is 7. The summed E-state index contributed by atoms with van der Waals surface area (Å²) in [6.45, 7) is 7.33. The highest BCUT2D eigenvalue weighted by molar-refractivity contribution is 5.99. The minimum atomic E-state index is 0.0494. The third kappa shape index (κ3) is 3.87. The highest BCUT2D eigenvalue weighted by Crippen LogP contribution is 2.21. The van der Waals surface area contributed by atoms with Gasteiger partial charge in [0.2, 0.25) is 0 Å². The van der Waals surface area contributed by atoms with Crippen molar-refractivity contribution < 1.29 is 9.94 Å². The van der Waals surface area contributed by atoms with E-state index in [1.54, 1.807) is 13.2 Å². The van der Waals surface area contributed by atoms with Crippen molar-refractivity contribution in [2.75, 3.05) is 7.11 Å². The number of nitrogens with zero attached hydrogens (tertiary/aromatic N) is 1. The van der Waals surface area contributed by atoms with Crippen LogP contribution in [0.15, 0.2) is 23.4 Å². The Bertz CT molecular complexity index is 468. The second-order valence-electron chi connectivity index (χ2n) is 5.14. The van der Waals surface area contributed by atoms with Gasteiger partial charge < -0.3 is 21.0 Å². The lowest BCUT2D eigenvalue weighted by molar-refractivity contribution is 0.318. The molecule has 0 unspecified atom stereocenters. The van der Waals surface area contributed by atoms with Crippen molar-refractivity contribution >= 4 is 5.84 Å². The number of nitrogens with one attached hydrogen (secondary N) is 1. The van der Waals surface area contributed by atoms with Gasteiger partial charge in [-0.2, -0.15) is 0 Å². The Kier molecular flexibility index (Phi) is 5.82. The number of oxime groups is 1. The molecule has 0 radical (unpaired) electrons. The highest BCUT2D eigenvalue weighted by atomic mass is 16.5. The Hall–Kier alpha value is -1.75. The number of methoxy groups -OCH3 is 1. The number of benzene rings is 1. The van der Waals surface area contributed by atoms with E-state index in [1.807, 2.05) is 12.1 Å². The van der Waals surface area contributed by atoms with Gasteiger partial charge in [-0.3, -0.25) is 0 Å². The smallest absolute Gasteiger partial charge is 0.173 e. The van der Waals surface area contributed by atoms with Gasteiger partial charge in [0.1, 0.15) is 5.75 Å². The maximum Gasteiger partial charge on any atom is 0.173 e. The summed E-state index contributed by atoms with van der Waals surface area (Å²) in [5, 5.41) is 15.3. The van der Waals surface area contributed by atoms with Crippen molar-refractivity contribution in [2.45, 2.75) is 45.7 Å². The second-order valence-corrected chi connectivity index (χ2v) is 5.14. The van der Waals surface area contributed by atoms with Crippen LogP contribution in [0.25, 0.3) is 0 Å². The maximum absolute atomic E-state index is 8.75. The standard InChI is InChI=1S/C15H25N3O2/c1-5-15(3,6-2)17-10-11-7-8-12(14(16)18-19)13(9-11)20-4/h7-9,17,19H,5-6,10H2,1-4H3,(H2,16,18). The average Bonchev–Trinajstić information content (AvgIpc) is 2.51. The molecule has 0 aromatic heterocycles. The largest absolute Gasteiger partial charge is 0.496 e. The third-order valence-electron chi connectivity index (χ3n) is 3.93. The van der Waals surface area contributed by atoms with E-state index in [1.165, 1.54) is 0 Å². The number of ether oxygens (including phenoxy) is 1. The molecule has 0 amide bonds. The van der Waals surface area contributed by atoms with Crippen molar-refractivity contribution in [2.24, 2.45) is 10.9 Å². The lowest BCUT2D eigenvalue weighted by Gasteiger charge is -2.28. The number of hydrogen-bond acceptors (Lipinski definition) is 4. The molecule has 0 heterocycles. The SMILES string of the molecule is CCC(C)(CC)NCc1ccc(/C(N)=N/O)c(OC)c1. The molecule has 5 heteroatoms. The van der Waals surface area contributed by atoms with Crippen molar-refractivity contribution in [3.05, 3.63) is 29.3 Å². The van der Waals surface area contributed by atoms with Crippen molar-refractivity contribution in [3.63, 3.8) is 0 Å². The van der Waals surface area contributed by atoms with Gasteiger partial charge in [-0.1, -0.05) is 25.1 Å². The van der Waals surface area contributed by atoms with E-state index >= 15 is 0 Å². The molecule has 112 valence electrons. The van der Waals surface area contributed by atoms with Gasteiger partial charge in [-0.25, -0.2) is 0 Å². The fourth-order valence-corrected chi connectivity index (χ4v) is 1.93. The lowest BCUT2D eigenvalue weighted by atomic mass is 9.95. The van der Waals surface area contributed by atoms with E-state index in [0.29, 0.717) is 11.3 Å². The van der Waals surface area contributed by atoms with Gasteiger partial charge in [0.05, 0.1) is 12.7 Å². The molecule has 0 aliphatic carbocycles. The monoisotopic (exact) mass is 279 g/mol. The predicted octanol–water partition coefficient (Wildman–Crippen LogP) is 2.46. The zero-order chi connectivity index (χ0) is 15.2. The molecular weight excluding hydrogens is 254 g/mol. The van der Waals surface area contributed by atoms with E-state index in [-0.39, 0.29) is 11.4 Å². The summed E-state index contributed by atoms with van der Waals surface area (Å²) in [4.78, 5) is 0. The average molecular weight is 279 g/mol. The van der Waals surface area contributed by atoms with Crippen LogP contribution in [0.4, 0.5) is 0 Å². The zero-order valence-corrected chi connectivity index (χ0v) is 12.7. The van der Waals surface area contributed by atoms with E-state index < -0.39 is 0 Å². The summed E-state index contributed by atoms with van der Waals surface area (Å²) in [6, 6.07) is 5.67. The van der Waals surface area contributed by atoms with Gasteiger partial charge in [-0.15, -0.1) is 0 Å². The van der Waals surface area contributed by atoms with Crippen molar-refractivity contribution in [1.82, 2.24) is 5.32 Å². The molecule has 0 aliphatic heterocycles. The van der Waals surface area contributed by atoms with E-state index in [9.17, 15) is 0 Å². The lowest BCUT2D eigenvalue weighted by Crippen LogP contribution is -2.40. The van der Waals surface area contributed by atoms with Gasteiger partial charge in [0.15, 0.2) is 5.84 Å². The molecule has 4 N–H and O–H groups in total. The summed E-state index contributed by atoms with van der Waals surface area (Å²) >= 11 is 0. The summed E-state index contributed by atoms with van der Waals surface area (Å²) in [7, 11) is 1.57. The summed E-state index contributed by atoms with van der Waals surface area (Å²) in [5.74, 6) is 0.655. The van der Waals surface area contributed by atoms with Crippen LogP contribution in [0, 0.1) is 0 Å². The van der Waals surface area contributed by atoms with Crippen LogP contribution in [0.2, 0.25) is 0 Å². The molecule has 1 aromatic rings. The van der Waals surface area contributed by atoms with Gasteiger partial charge in [0, 0.05) is 12.1 Å². The fourth-order valence-electron chi connectivity index (χ4n) is 1.93. The summed E-state index contributed by atoms with van der Waals surface area (Å²) < 4.78 is 5.29. The molecule has 0 atom stereocenters. The molecule has 0 bridgehead atoms. The molecule has 1 aromatic carbocycles. The number of amidine groups is 1. The van der Waals surface area contributed by atoms with E-state index in [0.717, 1.165) is 24.9 Å². The topological polar surface area (TPSA) is 79.9 Å². The first-order chi connectivity index (χ1) is 9.49. The minimum Gasteiger partial charge on any atom is -0.496 e. The second kappa shape index (κ2) is 7.14. The first kappa shape index (κ1) is 16.3. The fraction of sp³-hybridized carbons (Fsp3) is 0.533. The van der Waals surface area contributed by atoms with Crippen LogP contribution in [0.3, 0.4) is 0 Å². The van der Waals surface area contributed by atoms with Crippen LogP contribution in [0.1, 0.15) is 44.7 Å². The Morgan fingerprint density at radius 3 is 2.55 bits per heavy atom. The first-order valence-corrected chi connectivity index (χ1v) is 6.89. The molecule has 1 rings (SSSR count). The Morgan fingerprint density at radius 2 is 2.05 bits per heavy atom. The normalized spacial score (nSPS) is 12.5. The molecular formula is C15H25N3O2. The van der Waals surface area contributed by atoms with Gasteiger partial charge in [-0.05, 0) is 37.5 Å². The number of hydrogen-bond donors (Lipinski definition) is 3. The van der Waals surface area contributed by atoms with Crippen LogP contribution in [-0.4, -0.2) is 23.7 Å². The van der Waals surface area contributed by atoms with Gasteiger partial charge in [0.25, 0.3) is 0 Å². The summed E-state index contributed by atoms with van der Waals surface area (Å²) in [6.07, 6.45) is 2.14. The number of nitrogens with two attached hydrogens (primary N) is 1. The molecule has 0 saturated carbocycles. The zero-order valence-electron chi connectivity index (χ0n) is 12.7.